The van der Waals surface area contributed by atoms with Crippen molar-refractivity contribution >= 4 is 17.9 Å². The van der Waals surface area contributed by atoms with E-state index in [2.05, 4.69) is 9.68 Å². The average molecular weight is 249 g/mol. The van der Waals surface area contributed by atoms with Crippen LogP contribution in [-0.4, -0.2) is 17.2 Å². The van der Waals surface area contributed by atoms with E-state index in [-0.39, 0.29) is 0 Å². The zero-order valence-corrected chi connectivity index (χ0v) is 9.12. The Balaban J connectivity index is 2.59. The molecule has 0 aliphatic rings. The Bertz CT molecular complexity index is 337. The van der Waals surface area contributed by atoms with Crippen LogP contribution in [0.3, 0.4) is 0 Å². The van der Waals surface area contributed by atoms with E-state index in [0.29, 0.717) is 9.53 Å². The van der Waals surface area contributed by atoms with Gasteiger partial charge in [0.25, 0.3) is 0 Å². The fourth-order valence-corrected chi connectivity index (χ4v) is 1.50. The summed E-state index contributed by atoms with van der Waals surface area (Å²) in [6, 6.07) is 8.54. The minimum absolute atomic E-state index is 0.377. The summed E-state index contributed by atoms with van der Waals surface area (Å²) in [5.41, 5.74) is 0. The molecule has 0 spiro atoms. The van der Waals surface area contributed by atoms with Crippen LogP contribution >= 0.6 is 11.9 Å². The zero-order chi connectivity index (χ0) is 12.0. The SMILES string of the molecule is CC(=O)ON(OC(F)F)Sc1ccccc1. The highest BCUT2D eigenvalue weighted by atomic mass is 32.2. The van der Waals surface area contributed by atoms with E-state index in [1.165, 1.54) is 0 Å². The first kappa shape index (κ1) is 12.9. The molecule has 0 saturated heterocycles. The van der Waals surface area contributed by atoms with Crippen LogP contribution in [0.2, 0.25) is 0 Å². The quantitative estimate of drug-likeness (QED) is 0.592. The number of halogens is 2. The molecule has 0 aliphatic heterocycles. The molecule has 1 aromatic rings. The van der Waals surface area contributed by atoms with Gasteiger partial charge in [-0.3, -0.25) is 4.79 Å². The summed E-state index contributed by atoms with van der Waals surface area (Å²) in [5.74, 6) is -0.746. The number of alkyl halides is 2. The van der Waals surface area contributed by atoms with Crippen LogP contribution in [0.5, 0.6) is 0 Å². The van der Waals surface area contributed by atoms with Crippen molar-refractivity contribution in [2.45, 2.75) is 18.4 Å². The molecule has 1 rings (SSSR count). The summed E-state index contributed by atoms with van der Waals surface area (Å²) in [7, 11) is 0. The molecule has 16 heavy (non-hydrogen) atoms. The number of benzene rings is 1. The van der Waals surface area contributed by atoms with Gasteiger partial charge in [0, 0.05) is 23.8 Å². The van der Waals surface area contributed by atoms with Crippen molar-refractivity contribution < 1.29 is 23.3 Å². The third-order valence-corrected chi connectivity index (χ3v) is 2.08. The van der Waals surface area contributed by atoms with Gasteiger partial charge in [0.2, 0.25) is 0 Å². The van der Waals surface area contributed by atoms with Crippen molar-refractivity contribution in [3.8, 4) is 0 Å². The van der Waals surface area contributed by atoms with E-state index < -0.39 is 12.6 Å². The summed E-state index contributed by atoms with van der Waals surface area (Å²) in [5, 5.41) is 0. The molecule has 0 amide bonds. The lowest BCUT2D eigenvalue weighted by molar-refractivity contribution is -0.345. The first-order chi connectivity index (χ1) is 7.58. The maximum Gasteiger partial charge on any atom is 0.364 e. The van der Waals surface area contributed by atoms with Crippen molar-refractivity contribution in [1.29, 1.82) is 0 Å². The molecule has 0 saturated carbocycles. The fraction of sp³-hybridized carbons (Fsp3) is 0.222. The molecular formula is C9H9F2NO3S. The summed E-state index contributed by atoms with van der Waals surface area (Å²) < 4.78 is 24.3. The molecule has 0 aromatic heterocycles. The smallest absolute Gasteiger partial charge is 0.332 e. The molecule has 0 fully saturated rings. The van der Waals surface area contributed by atoms with E-state index in [0.717, 1.165) is 18.9 Å². The van der Waals surface area contributed by atoms with Gasteiger partial charge in [0.15, 0.2) is 0 Å². The second-order valence-electron chi connectivity index (χ2n) is 2.58. The molecule has 0 heterocycles. The topological polar surface area (TPSA) is 38.8 Å². The van der Waals surface area contributed by atoms with Gasteiger partial charge >= 0.3 is 12.6 Å². The summed E-state index contributed by atoms with van der Waals surface area (Å²) in [6.07, 6.45) is 0. The molecule has 4 nitrogen and oxygen atoms in total. The Labute approximate surface area is 95.2 Å². The van der Waals surface area contributed by atoms with Crippen molar-refractivity contribution in [3.63, 3.8) is 0 Å². The van der Waals surface area contributed by atoms with Gasteiger partial charge < -0.3 is 4.84 Å². The highest BCUT2D eigenvalue weighted by molar-refractivity contribution is 7.96. The molecule has 0 unspecified atom stereocenters. The van der Waals surface area contributed by atoms with Gasteiger partial charge in [-0.05, 0) is 12.1 Å². The number of hydrogen-bond acceptors (Lipinski definition) is 5. The first-order valence-electron chi connectivity index (χ1n) is 4.24. The maximum absolute atomic E-state index is 12.0. The van der Waals surface area contributed by atoms with Gasteiger partial charge in [-0.15, -0.1) is 0 Å². The first-order valence-corrected chi connectivity index (χ1v) is 5.02. The lowest BCUT2D eigenvalue weighted by Crippen LogP contribution is -2.22. The van der Waals surface area contributed by atoms with Gasteiger partial charge in [-0.1, -0.05) is 18.2 Å². The standard InChI is InChI=1S/C9H9F2NO3S/c1-7(13)14-12(15-9(10)11)16-8-5-3-2-4-6-8/h2-6,9H,1H3. The van der Waals surface area contributed by atoms with E-state index in [1.54, 1.807) is 30.3 Å². The normalized spacial score (nSPS) is 10.8. The number of rotatable bonds is 5. The minimum Gasteiger partial charge on any atom is -0.332 e. The summed E-state index contributed by atoms with van der Waals surface area (Å²) in [4.78, 5) is 19.6. The van der Waals surface area contributed by atoms with Crippen LogP contribution < -0.4 is 0 Å². The third-order valence-electron chi connectivity index (χ3n) is 1.29. The number of carbonyl (C=O) groups excluding carboxylic acids is 1. The molecule has 1 aromatic carbocycles. The van der Waals surface area contributed by atoms with E-state index in [9.17, 15) is 13.6 Å². The highest BCUT2D eigenvalue weighted by Gasteiger charge is 2.17. The molecule has 0 N–H and O–H groups in total. The van der Waals surface area contributed by atoms with Gasteiger partial charge in [-0.2, -0.15) is 13.6 Å². The summed E-state index contributed by atoms with van der Waals surface area (Å²) in [6.45, 7) is -1.97. The summed E-state index contributed by atoms with van der Waals surface area (Å²) >= 11 is 0.733. The van der Waals surface area contributed by atoms with Crippen molar-refractivity contribution in [1.82, 2.24) is 4.63 Å². The van der Waals surface area contributed by atoms with E-state index >= 15 is 0 Å². The number of carbonyl (C=O) groups is 1. The Morgan fingerprint density at radius 1 is 1.38 bits per heavy atom. The van der Waals surface area contributed by atoms with Crippen LogP contribution in [0.4, 0.5) is 8.78 Å². The second-order valence-corrected chi connectivity index (χ2v) is 3.53. The van der Waals surface area contributed by atoms with Gasteiger partial charge in [-0.25, -0.2) is 0 Å². The zero-order valence-electron chi connectivity index (χ0n) is 8.30. The highest BCUT2D eigenvalue weighted by Crippen LogP contribution is 2.24. The predicted molar refractivity (Wildman–Crippen MR) is 53.0 cm³/mol. The largest absolute Gasteiger partial charge is 0.364 e. The van der Waals surface area contributed by atoms with Crippen molar-refractivity contribution in [3.05, 3.63) is 30.3 Å². The molecular weight excluding hydrogens is 240 g/mol. The average Bonchev–Trinajstić information content (AvgIpc) is 2.16. The van der Waals surface area contributed by atoms with Gasteiger partial charge in [0.1, 0.15) is 0 Å². The van der Waals surface area contributed by atoms with Crippen molar-refractivity contribution in [2.24, 2.45) is 0 Å². The predicted octanol–water partition coefficient (Wildman–Crippen LogP) is 2.63. The van der Waals surface area contributed by atoms with E-state index in [4.69, 9.17) is 0 Å². The lowest BCUT2D eigenvalue weighted by Gasteiger charge is -2.16. The monoisotopic (exact) mass is 249 g/mol. The Morgan fingerprint density at radius 2 is 2.00 bits per heavy atom. The van der Waals surface area contributed by atoms with E-state index in [1.807, 2.05) is 0 Å². The van der Waals surface area contributed by atoms with Gasteiger partial charge in [0.05, 0.1) is 4.63 Å². The minimum atomic E-state index is -3.06. The third kappa shape index (κ3) is 5.06. The maximum atomic E-state index is 12.0. The molecule has 88 valence electrons. The van der Waals surface area contributed by atoms with Crippen LogP contribution in [0.15, 0.2) is 35.2 Å². The molecule has 0 aliphatic carbocycles. The Morgan fingerprint density at radius 3 is 2.50 bits per heavy atom. The van der Waals surface area contributed by atoms with Crippen LogP contribution in [0.25, 0.3) is 0 Å². The van der Waals surface area contributed by atoms with Crippen LogP contribution in [-0.2, 0) is 14.5 Å². The number of hydrogen-bond donors (Lipinski definition) is 0. The molecule has 0 atom stereocenters. The fourth-order valence-electron chi connectivity index (χ4n) is 0.799. The molecule has 0 radical (unpaired) electrons. The Kier molecular flexibility index (Phi) is 5.17. The Hall–Kier alpha value is -1.18. The van der Waals surface area contributed by atoms with Crippen molar-refractivity contribution in [2.75, 3.05) is 0 Å². The molecule has 7 heteroatoms. The second kappa shape index (κ2) is 6.41. The van der Waals surface area contributed by atoms with Crippen LogP contribution in [0.1, 0.15) is 6.92 Å². The lowest BCUT2D eigenvalue weighted by atomic mass is 10.4. The number of nitrogens with zero attached hydrogens (tertiary/aromatic N) is 1. The van der Waals surface area contributed by atoms with Crippen LogP contribution in [0, 0.1) is 0 Å². The molecule has 0 bridgehead atoms.